The molecular formula is C19H24N2O. The third-order valence-corrected chi connectivity index (χ3v) is 4.70. The molecule has 4 rings (SSSR count). The van der Waals surface area contributed by atoms with Crippen molar-refractivity contribution in [2.24, 2.45) is 17.3 Å². The van der Waals surface area contributed by atoms with Gasteiger partial charge in [0.2, 0.25) is 5.91 Å². The van der Waals surface area contributed by atoms with Crippen LogP contribution in [0.15, 0.2) is 42.1 Å². The molecule has 2 unspecified atom stereocenters. The summed E-state index contributed by atoms with van der Waals surface area (Å²) in [5.41, 5.74) is 2.04. The molecule has 2 saturated carbocycles. The summed E-state index contributed by atoms with van der Waals surface area (Å²) in [6.45, 7) is 5.99. The van der Waals surface area contributed by atoms with Gasteiger partial charge in [0.1, 0.15) is 5.82 Å². The Morgan fingerprint density at radius 3 is 2.64 bits per heavy atom. The predicted molar refractivity (Wildman–Crippen MR) is 89.4 cm³/mol. The zero-order valence-electron chi connectivity index (χ0n) is 13.6. The van der Waals surface area contributed by atoms with E-state index in [1.165, 1.54) is 12.0 Å². The molecule has 0 bridgehead atoms. The maximum Gasteiger partial charge on any atom is 0.236 e. The highest BCUT2D eigenvalue weighted by Crippen LogP contribution is 2.57. The SMILES string of the molecule is CC.Cc1ccc(NC(=O)C2(C3=CC4CC4C=C3)CC2)nc1. The number of hydrogen-bond donors (Lipinski definition) is 1. The van der Waals surface area contributed by atoms with Crippen molar-refractivity contribution in [3.63, 3.8) is 0 Å². The Kier molecular flexibility index (Phi) is 3.90. The van der Waals surface area contributed by atoms with E-state index < -0.39 is 0 Å². The molecule has 22 heavy (non-hydrogen) atoms. The molecule has 0 radical (unpaired) electrons. The monoisotopic (exact) mass is 296 g/mol. The maximum absolute atomic E-state index is 12.6. The Hall–Kier alpha value is -1.90. The molecule has 3 heteroatoms. The first-order chi connectivity index (χ1) is 10.7. The molecule has 1 heterocycles. The molecule has 1 amide bonds. The molecule has 3 nitrogen and oxygen atoms in total. The fourth-order valence-electron chi connectivity index (χ4n) is 3.03. The van der Waals surface area contributed by atoms with Gasteiger partial charge in [-0.2, -0.15) is 0 Å². The fraction of sp³-hybridized carbons (Fsp3) is 0.474. The maximum atomic E-state index is 12.6. The van der Waals surface area contributed by atoms with Gasteiger partial charge in [-0.15, -0.1) is 0 Å². The van der Waals surface area contributed by atoms with E-state index in [-0.39, 0.29) is 11.3 Å². The zero-order valence-corrected chi connectivity index (χ0v) is 13.6. The van der Waals surface area contributed by atoms with Gasteiger partial charge in [-0.3, -0.25) is 4.79 Å². The largest absolute Gasteiger partial charge is 0.310 e. The van der Waals surface area contributed by atoms with Crippen molar-refractivity contribution < 1.29 is 4.79 Å². The number of allylic oxidation sites excluding steroid dienone is 3. The normalized spacial score (nSPS) is 26.0. The summed E-state index contributed by atoms with van der Waals surface area (Å²) in [6.07, 6.45) is 11.7. The number of aromatic nitrogens is 1. The highest BCUT2D eigenvalue weighted by molar-refractivity contribution is 5.99. The van der Waals surface area contributed by atoms with Crippen molar-refractivity contribution in [3.05, 3.63) is 47.7 Å². The number of pyridine rings is 1. The van der Waals surface area contributed by atoms with Crippen LogP contribution >= 0.6 is 0 Å². The first kappa shape index (κ1) is 15.0. The van der Waals surface area contributed by atoms with E-state index in [4.69, 9.17) is 0 Å². The topological polar surface area (TPSA) is 42.0 Å². The molecule has 1 aromatic rings. The lowest BCUT2D eigenvalue weighted by molar-refractivity contribution is -0.119. The lowest BCUT2D eigenvalue weighted by Crippen LogP contribution is -2.26. The third kappa shape index (κ3) is 2.72. The number of amides is 1. The van der Waals surface area contributed by atoms with E-state index in [1.54, 1.807) is 6.20 Å². The van der Waals surface area contributed by atoms with Crippen LogP contribution < -0.4 is 5.32 Å². The summed E-state index contributed by atoms with van der Waals surface area (Å²) in [6, 6.07) is 3.84. The number of fused-ring (bicyclic) bond motifs is 1. The van der Waals surface area contributed by atoms with Crippen molar-refractivity contribution in [2.45, 2.75) is 40.0 Å². The van der Waals surface area contributed by atoms with Crippen molar-refractivity contribution in [1.82, 2.24) is 4.98 Å². The van der Waals surface area contributed by atoms with Crippen LogP contribution in [0.1, 0.15) is 38.7 Å². The van der Waals surface area contributed by atoms with Crippen molar-refractivity contribution in [1.29, 1.82) is 0 Å². The van der Waals surface area contributed by atoms with E-state index >= 15 is 0 Å². The summed E-state index contributed by atoms with van der Waals surface area (Å²) in [5.74, 6) is 2.19. The Balaban J connectivity index is 0.000000693. The number of aryl methyl sites for hydroxylation is 1. The van der Waals surface area contributed by atoms with E-state index in [0.717, 1.165) is 24.3 Å². The Bertz CT molecular complexity index is 623. The van der Waals surface area contributed by atoms with Gasteiger partial charge in [0, 0.05) is 6.20 Å². The smallest absolute Gasteiger partial charge is 0.236 e. The van der Waals surface area contributed by atoms with E-state index in [9.17, 15) is 4.79 Å². The average molecular weight is 296 g/mol. The minimum atomic E-state index is -0.281. The molecule has 2 atom stereocenters. The van der Waals surface area contributed by atoms with Gasteiger partial charge in [-0.25, -0.2) is 4.98 Å². The van der Waals surface area contributed by atoms with Crippen LogP contribution in [0.2, 0.25) is 0 Å². The van der Waals surface area contributed by atoms with Gasteiger partial charge < -0.3 is 5.32 Å². The number of hydrogen-bond acceptors (Lipinski definition) is 2. The van der Waals surface area contributed by atoms with Crippen LogP contribution in [0.25, 0.3) is 0 Å². The first-order valence-electron chi connectivity index (χ1n) is 8.32. The molecule has 0 saturated heterocycles. The lowest BCUT2D eigenvalue weighted by Gasteiger charge is -2.18. The molecule has 2 fully saturated rings. The molecule has 3 aliphatic rings. The lowest BCUT2D eigenvalue weighted by atomic mass is 9.90. The van der Waals surface area contributed by atoms with Crippen LogP contribution in [0.4, 0.5) is 5.82 Å². The minimum Gasteiger partial charge on any atom is -0.310 e. The summed E-state index contributed by atoms with van der Waals surface area (Å²) in [4.78, 5) is 16.8. The van der Waals surface area contributed by atoms with E-state index in [0.29, 0.717) is 11.7 Å². The summed E-state index contributed by atoms with van der Waals surface area (Å²) >= 11 is 0. The Labute approximate surface area is 132 Å². The third-order valence-electron chi connectivity index (χ3n) is 4.70. The van der Waals surface area contributed by atoms with Gasteiger partial charge in [0.15, 0.2) is 0 Å². The quantitative estimate of drug-likeness (QED) is 0.905. The van der Waals surface area contributed by atoms with Gasteiger partial charge in [0.05, 0.1) is 5.41 Å². The standard InChI is InChI=1S/C17H18N2O.C2H6/c1-11-2-5-15(18-10-11)19-16(20)17(6-7-17)14-4-3-12-8-13(12)9-14;1-2/h2-5,9-10,12-13H,6-8H2,1H3,(H,18,19,20);1-2H3. The molecule has 3 aliphatic carbocycles. The molecule has 1 N–H and O–H groups in total. The number of carbonyl (C=O) groups excluding carboxylic acids is 1. The second-order valence-electron chi connectivity index (χ2n) is 6.30. The highest BCUT2D eigenvalue weighted by Gasteiger charge is 2.53. The molecule has 0 spiro atoms. The first-order valence-corrected chi connectivity index (χ1v) is 8.32. The van der Waals surface area contributed by atoms with Crippen LogP contribution in [-0.4, -0.2) is 10.9 Å². The van der Waals surface area contributed by atoms with E-state index in [1.807, 2.05) is 32.9 Å². The van der Waals surface area contributed by atoms with Crippen molar-refractivity contribution in [3.8, 4) is 0 Å². The van der Waals surface area contributed by atoms with Crippen LogP contribution in [-0.2, 0) is 4.79 Å². The molecule has 116 valence electrons. The van der Waals surface area contributed by atoms with Gasteiger partial charge in [0.25, 0.3) is 0 Å². The summed E-state index contributed by atoms with van der Waals surface area (Å²) in [7, 11) is 0. The zero-order chi connectivity index (χ0) is 15.7. The number of nitrogens with one attached hydrogen (secondary N) is 1. The van der Waals surface area contributed by atoms with Gasteiger partial charge >= 0.3 is 0 Å². The summed E-state index contributed by atoms with van der Waals surface area (Å²) < 4.78 is 0. The van der Waals surface area contributed by atoms with Gasteiger partial charge in [-0.1, -0.05) is 38.1 Å². The molecule has 1 aromatic heterocycles. The Morgan fingerprint density at radius 1 is 1.27 bits per heavy atom. The van der Waals surface area contributed by atoms with Crippen LogP contribution in [0, 0.1) is 24.2 Å². The minimum absolute atomic E-state index is 0.101. The van der Waals surface area contributed by atoms with Crippen LogP contribution in [0.3, 0.4) is 0 Å². The molecular weight excluding hydrogens is 272 g/mol. The molecule has 0 aliphatic heterocycles. The number of rotatable bonds is 3. The highest BCUT2D eigenvalue weighted by atomic mass is 16.2. The Morgan fingerprint density at radius 2 is 2.05 bits per heavy atom. The van der Waals surface area contributed by atoms with E-state index in [2.05, 4.69) is 28.5 Å². The van der Waals surface area contributed by atoms with Gasteiger partial charge in [-0.05, 0) is 55.2 Å². The fourth-order valence-corrected chi connectivity index (χ4v) is 3.03. The number of nitrogens with zero attached hydrogens (tertiary/aromatic N) is 1. The second-order valence-corrected chi connectivity index (χ2v) is 6.30. The summed E-state index contributed by atoms with van der Waals surface area (Å²) in [5, 5.41) is 2.97. The number of anilines is 1. The second kappa shape index (κ2) is 5.71. The van der Waals surface area contributed by atoms with Crippen molar-refractivity contribution in [2.75, 3.05) is 5.32 Å². The van der Waals surface area contributed by atoms with Crippen LogP contribution in [0.5, 0.6) is 0 Å². The number of carbonyl (C=O) groups is 1. The molecule has 0 aromatic carbocycles. The van der Waals surface area contributed by atoms with Crippen molar-refractivity contribution >= 4 is 11.7 Å². The average Bonchev–Trinajstić information content (AvgIpc) is 3.44. The predicted octanol–water partition coefficient (Wildman–Crippen LogP) is 4.27.